The number of thiophene rings is 1. The molecule has 0 aliphatic heterocycles. The first kappa shape index (κ1) is 11.0. The Kier molecular flexibility index (Phi) is 2.99. The maximum atomic E-state index is 5.74. The predicted octanol–water partition coefficient (Wildman–Crippen LogP) is 3.22. The number of hydrogen-bond donors (Lipinski definition) is 1. The summed E-state index contributed by atoms with van der Waals surface area (Å²) in [7, 11) is 0. The summed E-state index contributed by atoms with van der Waals surface area (Å²) < 4.78 is 5.74. The lowest BCUT2D eigenvalue weighted by Gasteiger charge is -1.96. The van der Waals surface area contributed by atoms with Gasteiger partial charge in [-0.05, 0) is 31.4 Å². The maximum Gasteiger partial charge on any atom is 0.208 e. The average Bonchev–Trinajstić information content (AvgIpc) is 2.89. The minimum absolute atomic E-state index is 0.693. The lowest BCUT2D eigenvalue weighted by Crippen LogP contribution is -2.15. The first-order valence-electron chi connectivity index (χ1n) is 6.12. The molecule has 0 aromatic carbocycles. The van der Waals surface area contributed by atoms with Crippen molar-refractivity contribution in [1.82, 2.24) is 10.3 Å². The van der Waals surface area contributed by atoms with Crippen molar-refractivity contribution in [2.24, 2.45) is 0 Å². The van der Waals surface area contributed by atoms with Crippen molar-refractivity contribution in [3.8, 4) is 10.6 Å². The predicted molar refractivity (Wildman–Crippen MR) is 69.1 cm³/mol. The van der Waals surface area contributed by atoms with Crippen molar-refractivity contribution in [1.29, 1.82) is 0 Å². The van der Waals surface area contributed by atoms with Gasteiger partial charge in [0.2, 0.25) is 5.89 Å². The lowest BCUT2D eigenvalue weighted by molar-refractivity contribution is 0.477. The highest BCUT2D eigenvalue weighted by molar-refractivity contribution is 7.15. The van der Waals surface area contributed by atoms with Crippen LogP contribution in [0.1, 0.15) is 30.5 Å². The summed E-state index contributed by atoms with van der Waals surface area (Å²) in [6, 6.07) is 4.96. The lowest BCUT2D eigenvalue weighted by atomic mass is 10.3. The van der Waals surface area contributed by atoms with Gasteiger partial charge in [0.25, 0.3) is 0 Å². The third-order valence-electron chi connectivity index (χ3n) is 2.93. The summed E-state index contributed by atoms with van der Waals surface area (Å²) in [5, 5.41) is 3.40. The van der Waals surface area contributed by atoms with Gasteiger partial charge in [-0.3, -0.25) is 0 Å². The van der Waals surface area contributed by atoms with Gasteiger partial charge < -0.3 is 9.73 Å². The number of hydrogen-bond acceptors (Lipinski definition) is 4. The fourth-order valence-corrected chi connectivity index (χ4v) is 2.62. The fraction of sp³-hybridized carbons (Fsp3) is 0.462. The van der Waals surface area contributed by atoms with Crippen molar-refractivity contribution in [3.63, 3.8) is 0 Å². The number of nitrogens with one attached hydrogen (secondary N) is 1. The van der Waals surface area contributed by atoms with E-state index in [-0.39, 0.29) is 0 Å². The number of oxazole rings is 1. The van der Waals surface area contributed by atoms with Gasteiger partial charge in [0.15, 0.2) is 5.76 Å². The van der Waals surface area contributed by atoms with Crippen LogP contribution in [0.4, 0.5) is 0 Å². The van der Waals surface area contributed by atoms with Gasteiger partial charge in [0.1, 0.15) is 0 Å². The van der Waals surface area contributed by atoms with E-state index in [1.54, 1.807) is 11.3 Å². The van der Waals surface area contributed by atoms with Crippen LogP contribution in [-0.4, -0.2) is 11.0 Å². The van der Waals surface area contributed by atoms with Crippen LogP contribution in [0.2, 0.25) is 0 Å². The van der Waals surface area contributed by atoms with Gasteiger partial charge in [0, 0.05) is 10.9 Å². The smallest absolute Gasteiger partial charge is 0.208 e. The molecule has 1 aliphatic rings. The highest BCUT2D eigenvalue weighted by Crippen LogP contribution is 2.29. The first-order valence-corrected chi connectivity index (χ1v) is 6.94. The molecule has 1 fully saturated rings. The van der Waals surface area contributed by atoms with Gasteiger partial charge in [0.05, 0.1) is 17.6 Å². The molecule has 0 saturated heterocycles. The van der Waals surface area contributed by atoms with Crippen molar-refractivity contribution in [3.05, 3.63) is 29.1 Å². The minimum atomic E-state index is 0.693. The molecule has 2 aromatic heterocycles. The Morgan fingerprint density at radius 2 is 2.35 bits per heavy atom. The quantitative estimate of drug-likeness (QED) is 0.883. The molecule has 0 amide bonds. The van der Waals surface area contributed by atoms with Crippen molar-refractivity contribution < 1.29 is 4.42 Å². The Morgan fingerprint density at radius 3 is 3.06 bits per heavy atom. The summed E-state index contributed by atoms with van der Waals surface area (Å²) in [5.74, 6) is 1.68. The SMILES string of the molecule is CCc1ccc(-c2cnc(CNC3CC3)o2)s1. The van der Waals surface area contributed by atoms with E-state index in [2.05, 4.69) is 29.4 Å². The molecule has 2 heterocycles. The van der Waals surface area contributed by atoms with Crippen LogP contribution in [-0.2, 0) is 13.0 Å². The van der Waals surface area contributed by atoms with Crippen LogP contribution < -0.4 is 5.32 Å². The third-order valence-corrected chi connectivity index (χ3v) is 4.17. The molecule has 1 N–H and O–H groups in total. The molecular weight excluding hydrogens is 232 g/mol. The van der Waals surface area contributed by atoms with Crippen molar-refractivity contribution >= 4 is 11.3 Å². The second-order valence-corrected chi connectivity index (χ2v) is 5.56. The molecule has 4 heteroatoms. The summed E-state index contributed by atoms with van der Waals surface area (Å²) in [5.41, 5.74) is 0. The second-order valence-electron chi connectivity index (χ2n) is 4.39. The largest absolute Gasteiger partial charge is 0.438 e. The van der Waals surface area contributed by atoms with E-state index in [0.29, 0.717) is 6.04 Å². The molecule has 0 radical (unpaired) electrons. The molecule has 17 heavy (non-hydrogen) atoms. The summed E-state index contributed by atoms with van der Waals surface area (Å²) in [6.45, 7) is 2.91. The fourth-order valence-electron chi connectivity index (χ4n) is 1.73. The Labute approximate surface area is 105 Å². The maximum absolute atomic E-state index is 5.74. The highest BCUT2D eigenvalue weighted by Gasteiger charge is 2.21. The van der Waals surface area contributed by atoms with E-state index in [0.717, 1.165) is 24.6 Å². The zero-order chi connectivity index (χ0) is 11.7. The van der Waals surface area contributed by atoms with Gasteiger partial charge in [-0.25, -0.2) is 4.98 Å². The van der Waals surface area contributed by atoms with Crippen molar-refractivity contribution in [2.75, 3.05) is 0 Å². The summed E-state index contributed by atoms with van der Waals surface area (Å²) in [6.07, 6.45) is 5.49. The first-order chi connectivity index (χ1) is 8.35. The topological polar surface area (TPSA) is 38.1 Å². The molecular formula is C13H16N2OS. The number of rotatable bonds is 5. The Morgan fingerprint density at radius 1 is 1.47 bits per heavy atom. The van der Waals surface area contributed by atoms with E-state index < -0.39 is 0 Å². The van der Waals surface area contributed by atoms with Gasteiger partial charge in [-0.15, -0.1) is 11.3 Å². The zero-order valence-electron chi connectivity index (χ0n) is 9.90. The molecule has 0 spiro atoms. The highest BCUT2D eigenvalue weighted by atomic mass is 32.1. The molecule has 3 nitrogen and oxygen atoms in total. The Balaban J connectivity index is 1.69. The van der Waals surface area contributed by atoms with Crippen LogP contribution in [0, 0.1) is 0 Å². The number of aryl methyl sites for hydroxylation is 1. The average molecular weight is 248 g/mol. The van der Waals surface area contributed by atoms with Gasteiger partial charge >= 0.3 is 0 Å². The minimum Gasteiger partial charge on any atom is -0.438 e. The third kappa shape index (κ3) is 2.58. The molecule has 3 rings (SSSR count). The zero-order valence-corrected chi connectivity index (χ0v) is 10.7. The van der Waals surface area contributed by atoms with Crippen molar-refractivity contribution in [2.45, 2.75) is 38.8 Å². The van der Waals surface area contributed by atoms with Crippen LogP contribution in [0.3, 0.4) is 0 Å². The summed E-state index contributed by atoms with van der Waals surface area (Å²) >= 11 is 1.78. The number of nitrogens with zero attached hydrogens (tertiary/aromatic N) is 1. The molecule has 0 bridgehead atoms. The monoisotopic (exact) mass is 248 g/mol. The van der Waals surface area contributed by atoms with Crippen LogP contribution >= 0.6 is 11.3 Å². The molecule has 0 atom stereocenters. The Hall–Kier alpha value is -1.13. The van der Waals surface area contributed by atoms with E-state index >= 15 is 0 Å². The number of aromatic nitrogens is 1. The van der Waals surface area contributed by atoms with E-state index in [1.807, 2.05) is 6.20 Å². The van der Waals surface area contributed by atoms with E-state index in [1.165, 1.54) is 22.6 Å². The van der Waals surface area contributed by atoms with Crippen LogP contribution in [0.5, 0.6) is 0 Å². The Bertz CT molecular complexity index is 499. The normalized spacial score (nSPS) is 15.4. The van der Waals surface area contributed by atoms with E-state index in [9.17, 15) is 0 Å². The van der Waals surface area contributed by atoms with Gasteiger partial charge in [-0.1, -0.05) is 6.92 Å². The molecule has 90 valence electrons. The molecule has 0 unspecified atom stereocenters. The second kappa shape index (κ2) is 4.63. The summed E-state index contributed by atoms with van der Waals surface area (Å²) in [4.78, 5) is 6.86. The molecule has 2 aromatic rings. The van der Waals surface area contributed by atoms with Crippen LogP contribution in [0.15, 0.2) is 22.7 Å². The molecule has 1 aliphatic carbocycles. The molecule has 1 saturated carbocycles. The van der Waals surface area contributed by atoms with E-state index in [4.69, 9.17) is 4.42 Å². The standard InChI is InChI=1S/C13H16N2OS/c1-2-10-5-6-12(17-10)11-7-15-13(16-11)8-14-9-3-4-9/h5-7,9,14H,2-4,8H2,1H3. The van der Waals surface area contributed by atoms with Gasteiger partial charge in [-0.2, -0.15) is 0 Å². The van der Waals surface area contributed by atoms with Crippen LogP contribution in [0.25, 0.3) is 10.6 Å².